The standard InChI is InChI=1S/C20H32FN3O2.C9H17NO2.CH3.FH.In.Re/c1-3-18(24-23)17(22)12-20(25,4-2)15-9-10-16(21)19(11-15)26-13-14-7-5-6-8-14;1-4-6-8(5-2)9(12)10-7(3)11;;;;/h9-11,14,17,25H,3-8,12-13,22-23H2,1-2H3;8H,4-6H2,1-3H3,(H,10,11,12);1H3;1H;;/q;;;;+1;/p-1/b24-18-;;;;;/t17?,20-;;;;;/m0...../s1. The van der Waals surface area contributed by atoms with Gasteiger partial charge >= 0.3 is 30.9 Å². The maximum absolute atomic E-state index is 14.2. The summed E-state index contributed by atoms with van der Waals surface area (Å²) in [6.45, 7) is 9.66. The molecule has 8 nitrogen and oxygen atoms in total. The van der Waals surface area contributed by atoms with E-state index in [1.807, 2.05) is 27.7 Å². The number of amides is 2. The zero-order valence-electron chi connectivity index (χ0n) is 26.2. The molecule has 2 radical (unpaired) electrons. The van der Waals surface area contributed by atoms with Crippen LogP contribution in [-0.4, -0.2) is 58.8 Å². The van der Waals surface area contributed by atoms with Crippen molar-refractivity contribution in [2.45, 2.75) is 115 Å². The molecular formula is C30H52F2InN4O4Re. The van der Waals surface area contributed by atoms with Crippen LogP contribution < -0.4 is 21.6 Å². The van der Waals surface area contributed by atoms with Crippen LogP contribution in [0.4, 0.5) is 7.06 Å². The number of nitrogens with two attached hydrogens (primary N) is 2. The van der Waals surface area contributed by atoms with E-state index >= 15 is 0 Å². The van der Waals surface area contributed by atoms with Gasteiger partial charge in [-0.2, -0.15) is 5.10 Å². The summed E-state index contributed by atoms with van der Waals surface area (Å²) in [7, 11) is 0. The second-order valence-electron chi connectivity index (χ2n) is 10.4. The Morgan fingerprint density at radius 1 is 1.24 bits per heavy atom. The van der Waals surface area contributed by atoms with Crippen LogP contribution in [0.15, 0.2) is 23.3 Å². The van der Waals surface area contributed by atoms with Crippen molar-refractivity contribution in [1.29, 1.82) is 0 Å². The molecule has 240 valence electrons. The van der Waals surface area contributed by atoms with Crippen molar-refractivity contribution in [1.82, 2.24) is 5.32 Å². The predicted molar refractivity (Wildman–Crippen MR) is 163 cm³/mol. The van der Waals surface area contributed by atoms with Crippen molar-refractivity contribution in [3.8, 4) is 5.75 Å². The summed E-state index contributed by atoms with van der Waals surface area (Å²) in [5, 5.41) is 17.2. The average molecular weight is 872 g/mol. The molecule has 1 aromatic carbocycles. The van der Waals surface area contributed by atoms with Gasteiger partial charge in [-0.15, -0.1) is 0 Å². The van der Waals surface area contributed by atoms with Gasteiger partial charge in [0.25, 0.3) is 0 Å². The number of carbonyl (C=O) groups excluding carboxylic acids is 2. The van der Waals surface area contributed by atoms with Gasteiger partial charge in [0, 0.05) is 45.7 Å². The number of hydrogen-bond donors (Lipinski definition) is 4. The quantitative estimate of drug-likeness (QED) is 0.117. The van der Waals surface area contributed by atoms with E-state index < -0.39 is 41.0 Å². The van der Waals surface area contributed by atoms with Crippen molar-refractivity contribution in [2.24, 2.45) is 28.5 Å². The van der Waals surface area contributed by atoms with E-state index in [4.69, 9.17) is 16.3 Å². The maximum atomic E-state index is 14.2. The van der Waals surface area contributed by atoms with Gasteiger partial charge in [0.1, 0.15) is 0 Å². The molecule has 0 spiro atoms. The molecule has 1 aromatic rings. The van der Waals surface area contributed by atoms with Crippen LogP contribution in [0.3, 0.4) is 0 Å². The number of aliphatic hydroxyl groups is 1. The average Bonchev–Trinajstić information content (AvgIpc) is 3.46. The van der Waals surface area contributed by atoms with Crippen LogP contribution in [0.1, 0.15) is 104 Å². The van der Waals surface area contributed by atoms with Gasteiger partial charge in [-0.25, -0.2) is 4.39 Å². The molecule has 1 saturated carbocycles. The first-order valence-corrected chi connectivity index (χ1v) is 19.4. The number of halogens is 2. The van der Waals surface area contributed by atoms with E-state index in [1.54, 1.807) is 16.8 Å². The summed E-state index contributed by atoms with van der Waals surface area (Å²) in [5.74, 6) is 5.25. The predicted octanol–water partition coefficient (Wildman–Crippen LogP) is 5.53. The van der Waals surface area contributed by atoms with E-state index in [2.05, 4.69) is 10.4 Å². The Hall–Kier alpha value is -1.06. The molecule has 0 heterocycles. The van der Waals surface area contributed by atoms with E-state index in [0.29, 0.717) is 36.6 Å². The zero-order chi connectivity index (χ0) is 31.4. The first-order valence-electron chi connectivity index (χ1n) is 14.8. The van der Waals surface area contributed by atoms with E-state index in [-0.39, 0.29) is 50.3 Å². The Balaban J connectivity index is 0. The minimum Gasteiger partial charge on any atom is 0 e. The molecule has 12 heteroatoms. The number of carbonyl (C=O) groups is 2. The fourth-order valence-electron chi connectivity index (χ4n) is 4.83. The van der Waals surface area contributed by atoms with Crippen LogP contribution in [0.5, 0.6) is 5.75 Å². The number of benzene rings is 1. The third-order valence-electron chi connectivity index (χ3n) is 7.32. The summed E-state index contributed by atoms with van der Waals surface area (Å²) in [6, 6.07) is 4.09. The first-order chi connectivity index (χ1) is 19.5. The fraction of sp³-hybridized carbons (Fsp3) is 0.700. The monoisotopic (exact) mass is 872 g/mol. The zero-order valence-corrected chi connectivity index (χ0v) is 32.2. The molecule has 1 aliphatic carbocycles. The van der Waals surface area contributed by atoms with Gasteiger partial charge in [0.05, 0.1) is 17.9 Å². The summed E-state index contributed by atoms with van der Waals surface area (Å²) < 4.78 is 32.0. The molecule has 2 unspecified atom stereocenters. The van der Waals surface area contributed by atoms with Crippen molar-refractivity contribution in [2.75, 3.05) is 6.61 Å². The molecule has 2 amide bonds. The van der Waals surface area contributed by atoms with Crippen molar-refractivity contribution in [3.63, 3.8) is 0 Å². The molecule has 2 rings (SSSR count). The Bertz CT molecular complexity index is 939. The number of hydrazone groups is 1. The van der Waals surface area contributed by atoms with Crippen LogP contribution in [0.25, 0.3) is 0 Å². The van der Waals surface area contributed by atoms with Gasteiger partial charge in [0.2, 0.25) is 11.8 Å². The molecule has 3 atom stereocenters. The molecule has 0 bridgehead atoms. The van der Waals surface area contributed by atoms with Gasteiger partial charge < -0.3 is 21.4 Å². The van der Waals surface area contributed by atoms with E-state index in [1.165, 1.54) is 25.8 Å². The molecule has 42 heavy (non-hydrogen) atoms. The normalized spacial score (nSPS) is 15.8. The smallest absolute Gasteiger partial charge is 0 e. The third-order valence-corrected chi connectivity index (χ3v) is 7.32. The summed E-state index contributed by atoms with van der Waals surface area (Å²) >= 11 is -1.39. The third kappa shape index (κ3) is 16.1. The molecule has 1 aliphatic rings. The van der Waals surface area contributed by atoms with Gasteiger partial charge in [-0.1, -0.05) is 53.0 Å². The summed E-state index contributed by atoms with van der Waals surface area (Å²) in [6.07, 6.45) is 8.65. The van der Waals surface area contributed by atoms with Gasteiger partial charge in [-0.3, -0.25) is 14.9 Å². The van der Waals surface area contributed by atoms with Crippen molar-refractivity contribution >= 4 is 41.0 Å². The number of hydrogen-bond acceptors (Lipinski definition) is 7. The topological polar surface area (TPSA) is 140 Å². The van der Waals surface area contributed by atoms with Gasteiger partial charge in [0.15, 0.2) is 11.6 Å². The molecule has 6 N–H and O–H groups in total. The molecule has 0 saturated heterocycles. The Morgan fingerprint density at radius 2 is 1.83 bits per heavy atom. The molecule has 1 fully saturated rings. The summed E-state index contributed by atoms with van der Waals surface area (Å²) in [5.41, 5.74) is 6.23. The number of imide groups is 1. The second kappa shape index (κ2) is 24.3. The second-order valence-corrected chi connectivity index (χ2v) is 11.7. The van der Waals surface area contributed by atoms with Crippen molar-refractivity contribution < 1.29 is 46.9 Å². The van der Waals surface area contributed by atoms with Crippen molar-refractivity contribution in [3.05, 3.63) is 29.6 Å². The van der Waals surface area contributed by atoms with E-state index in [0.717, 1.165) is 32.1 Å². The minimum atomic E-state index is -1.39. The molecule has 0 aliphatic heterocycles. The van der Waals surface area contributed by atoms with Crippen LogP contribution in [0, 0.1) is 17.7 Å². The summed E-state index contributed by atoms with van der Waals surface area (Å²) in [4.78, 5) is 21.8. The number of nitrogens with zero attached hydrogens (tertiary/aromatic N) is 1. The van der Waals surface area contributed by atoms with Crippen LogP contribution >= 0.6 is 0 Å². The Kier molecular flexibility index (Phi) is 24.9. The van der Waals surface area contributed by atoms with Gasteiger partial charge in [-0.05, 0) is 62.1 Å². The number of ether oxygens (including phenoxy) is 1. The van der Waals surface area contributed by atoms with Crippen LogP contribution in [-0.2, 0) is 35.6 Å². The largest absolute Gasteiger partial charge is 0 e. The Labute approximate surface area is 277 Å². The van der Waals surface area contributed by atoms with Crippen LogP contribution in [0.2, 0.25) is 4.68 Å². The fourth-order valence-corrected chi connectivity index (χ4v) is 4.83. The molecule has 0 aromatic heterocycles. The number of rotatable bonds is 13. The SMILES string of the molecule is CC/C(=N/N)C(N)C[C@@](O)(CC)c1ccc(F)c(OCC2CCCC2)c1.CCCC(CC)C(=O)NC(C)=O.[CH3][In][F].[Re]. The maximum Gasteiger partial charge on any atom is 0 e. The Morgan fingerprint density at radius 3 is 2.29 bits per heavy atom. The molecular weight excluding hydrogens is 819 g/mol. The number of nitrogens with one attached hydrogen (secondary N) is 1. The van der Waals surface area contributed by atoms with E-state index in [9.17, 15) is 21.8 Å². The minimum absolute atomic E-state index is 0. The first kappa shape index (κ1) is 43.1.